The number of aryl methyl sites for hydroxylation is 1. The first kappa shape index (κ1) is 10.1. The summed E-state index contributed by atoms with van der Waals surface area (Å²) in [4.78, 5) is 10.1. The van der Waals surface area contributed by atoms with E-state index in [0.29, 0.717) is 5.56 Å². The molecular formula is C9H13N3O3. The van der Waals surface area contributed by atoms with Gasteiger partial charge in [0.1, 0.15) is 0 Å². The summed E-state index contributed by atoms with van der Waals surface area (Å²) in [6.45, 7) is 1.66. The maximum atomic E-state index is 10.6. The summed E-state index contributed by atoms with van der Waals surface area (Å²) in [5, 5.41) is 24.1. The van der Waals surface area contributed by atoms with Crippen LogP contribution in [0.25, 0.3) is 0 Å². The van der Waals surface area contributed by atoms with E-state index >= 15 is 0 Å². The van der Waals surface area contributed by atoms with E-state index in [4.69, 9.17) is 0 Å². The third-order valence-electron chi connectivity index (χ3n) is 2.85. The molecule has 0 saturated heterocycles. The Labute approximate surface area is 86.7 Å². The topological polar surface area (TPSA) is 81.2 Å². The second kappa shape index (κ2) is 3.62. The van der Waals surface area contributed by atoms with Crippen molar-refractivity contribution in [2.24, 2.45) is 0 Å². The second-order valence-electron chi connectivity index (χ2n) is 3.94. The highest BCUT2D eigenvalue weighted by atomic mass is 16.6. The fraction of sp³-hybridized carbons (Fsp3) is 0.667. The first-order chi connectivity index (χ1) is 7.09. The van der Waals surface area contributed by atoms with E-state index in [1.807, 2.05) is 0 Å². The van der Waals surface area contributed by atoms with Crippen LogP contribution in [0.2, 0.25) is 0 Å². The zero-order valence-corrected chi connectivity index (χ0v) is 8.46. The molecule has 0 unspecified atom stereocenters. The van der Waals surface area contributed by atoms with Crippen molar-refractivity contribution in [1.29, 1.82) is 0 Å². The molecule has 15 heavy (non-hydrogen) atoms. The highest BCUT2D eigenvalue weighted by Crippen LogP contribution is 2.31. The Balaban J connectivity index is 2.29. The largest absolute Gasteiger partial charge is 0.392 e. The van der Waals surface area contributed by atoms with E-state index in [0.717, 1.165) is 19.3 Å². The first-order valence-electron chi connectivity index (χ1n) is 4.98. The van der Waals surface area contributed by atoms with Crippen molar-refractivity contribution in [3.63, 3.8) is 0 Å². The molecule has 1 aliphatic rings. The number of nitrogens with zero attached hydrogens (tertiary/aromatic N) is 3. The normalized spacial score (nSPS) is 25.7. The minimum Gasteiger partial charge on any atom is -0.391 e. The Kier molecular flexibility index (Phi) is 2.44. The summed E-state index contributed by atoms with van der Waals surface area (Å²) in [5.41, 5.74) is 0.541. The Morgan fingerprint density at radius 3 is 2.87 bits per heavy atom. The van der Waals surface area contributed by atoms with Gasteiger partial charge in [0, 0.05) is 0 Å². The van der Waals surface area contributed by atoms with Crippen LogP contribution in [0, 0.1) is 17.0 Å². The molecule has 6 heteroatoms. The van der Waals surface area contributed by atoms with Gasteiger partial charge in [-0.1, -0.05) is 0 Å². The molecule has 1 saturated carbocycles. The number of aromatic nitrogens is 2. The van der Waals surface area contributed by atoms with Crippen molar-refractivity contribution in [1.82, 2.24) is 9.78 Å². The monoisotopic (exact) mass is 211 g/mol. The van der Waals surface area contributed by atoms with Crippen LogP contribution >= 0.6 is 0 Å². The summed E-state index contributed by atoms with van der Waals surface area (Å²) in [5.74, 6) is -0.117. The summed E-state index contributed by atoms with van der Waals surface area (Å²) in [7, 11) is 0. The van der Waals surface area contributed by atoms with Crippen LogP contribution < -0.4 is 0 Å². The minimum atomic E-state index is -0.493. The molecule has 1 aliphatic carbocycles. The van der Waals surface area contributed by atoms with E-state index in [1.165, 1.54) is 4.68 Å². The number of rotatable bonds is 2. The highest BCUT2D eigenvalue weighted by molar-refractivity contribution is 5.28. The molecule has 6 nitrogen and oxygen atoms in total. The van der Waals surface area contributed by atoms with Crippen LogP contribution in [0.15, 0.2) is 6.20 Å². The van der Waals surface area contributed by atoms with Gasteiger partial charge >= 0.3 is 5.82 Å². The Morgan fingerprint density at radius 2 is 2.40 bits per heavy atom. The summed E-state index contributed by atoms with van der Waals surface area (Å²) >= 11 is 0. The first-order valence-corrected chi connectivity index (χ1v) is 4.98. The predicted octanol–water partition coefficient (Wildman–Crippen LogP) is 1.19. The molecule has 0 amide bonds. The molecule has 1 aromatic rings. The smallest absolute Gasteiger partial charge is 0.391 e. The third kappa shape index (κ3) is 1.72. The highest BCUT2D eigenvalue weighted by Gasteiger charge is 2.31. The lowest BCUT2D eigenvalue weighted by molar-refractivity contribution is -0.390. The maximum Gasteiger partial charge on any atom is 0.392 e. The zero-order valence-electron chi connectivity index (χ0n) is 8.46. The van der Waals surface area contributed by atoms with Crippen molar-refractivity contribution < 1.29 is 10.0 Å². The molecule has 2 atom stereocenters. The van der Waals surface area contributed by atoms with Crippen LogP contribution in [0.3, 0.4) is 0 Å². The van der Waals surface area contributed by atoms with Crippen molar-refractivity contribution in [2.45, 2.75) is 38.3 Å². The molecule has 1 N–H and O–H groups in total. The van der Waals surface area contributed by atoms with Gasteiger partial charge in [-0.2, -0.15) is 4.68 Å². The standard InChI is InChI=1S/C9H13N3O3/c1-6-5-11(10-9(6)12(14)15)7-3-2-4-8(7)13/h5,7-8,13H,2-4H2,1H3/t7-,8-/m0/s1. The van der Waals surface area contributed by atoms with E-state index in [-0.39, 0.29) is 11.9 Å². The lowest BCUT2D eigenvalue weighted by atomic mass is 10.2. The van der Waals surface area contributed by atoms with Gasteiger partial charge in [0.15, 0.2) is 0 Å². The fourth-order valence-electron chi connectivity index (χ4n) is 2.05. The molecule has 1 fully saturated rings. The Hall–Kier alpha value is -1.43. The second-order valence-corrected chi connectivity index (χ2v) is 3.94. The van der Waals surface area contributed by atoms with Crippen molar-refractivity contribution in [2.75, 3.05) is 0 Å². The number of hydrogen-bond donors (Lipinski definition) is 1. The molecule has 0 aromatic carbocycles. The van der Waals surface area contributed by atoms with Gasteiger partial charge in [-0.15, -0.1) is 0 Å². The lowest BCUT2D eigenvalue weighted by Gasteiger charge is -2.10. The van der Waals surface area contributed by atoms with Crippen molar-refractivity contribution in [3.8, 4) is 0 Å². The Morgan fingerprint density at radius 1 is 1.67 bits per heavy atom. The van der Waals surface area contributed by atoms with Gasteiger partial charge in [0.25, 0.3) is 0 Å². The minimum absolute atomic E-state index is 0.0996. The van der Waals surface area contributed by atoms with E-state index in [1.54, 1.807) is 13.1 Å². The van der Waals surface area contributed by atoms with Crippen molar-refractivity contribution >= 4 is 5.82 Å². The third-order valence-corrected chi connectivity index (χ3v) is 2.85. The van der Waals surface area contributed by atoms with Gasteiger partial charge in [-0.05, 0) is 31.1 Å². The van der Waals surface area contributed by atoms with E-state index in [9.17, 15) is 15.2 Å². The van der Waals surface area contributed by atoms with Gasteiger partial charge in [-0.3, -0.25) is 0 Å². The molecule has 0 spiro atoms. The molecule has 1 aromatic heterocycles. The zero-order chi connectivity index (χ0) is 11.0. The van der Waals surface area contributed by atoms with Crippen LogP contribution in [0.5, 0.6) is 0 Å². The number of hydrogen-bond acceptors (Lipinski definition) is 4. The van der Waals surface area contributed by atoms with Crippen molar-refractivity contribution in [3.05, 3.63) is 21.9 Å². The number of aliphatic hydroxyl groups excluding tert-OH is 1. The van der Waals surface area contributed by atoms with E-state index in [2.05, 4.69) is 5.10 Å². The van der Waals surface area contributed by atoms with Crippen LogP contribution in [-0.4, -0.2) is 25.9 Å². The van der Waals surface area contributed by atoms with Gasteiger partial charge in [-0.25, -0.2) is 0 Å². The van der Waals surface area contributed by atoms with Gasteiger partial charge in [0.2, 0.25) is 0 Å². The van der Waals surface area contributed by atoms with Crippen LogP contribution in [0.1, 0.15) is 30.9 Å². The van der Waals surface area contributed by atoms with E-state index < -0.39 is 11.0 Å². The number of nitro groups is 1. The molecule has 82 valence electrons. The quantitative estimate of drug-likeness (QED) is 0.588. The maximum absolute atomic E-state index is 10.6. The summed E-state index contributed by atoms with van der Waals surface area (Å²) in [6, 6.07) is -0.0996. The molecule has 0 bridgehead atoms. The van der Waals surface area contributed by atoms with Gasteiger partial charge in [0.05, 0.1) is 29.0 Å². The molecule has 2 rings (SSSR count). The Bertz CT molecular complexity index is 388. The molecular weight excluding hydrogens is 198 g/mol. The molecule has 0 radical (unpaired) electrons. The average Bonchev–Trinajstić information content (AvgIpc) is 2.71. The van der Waals surface area contributed by atoms with Gasteiger partial charge < -0.3 is 15.2 Å². The fourth-order valence-corrected chi connectivity index (χ4v) is 2.05. The average molecular weight is 211 g/mol. The molecule has 0 aliphatic heterocycles. The summed E-state index contributed by atoms with van der Waals surface area (Å²) < 4.78 is 1.53. The molecule has 1 heterocycles. The number of aliphatic hydroxyl groups is 1. The lowest BCUT2D eigenvalue weighted by Crippen LogP contribution is -2.18. The van der Waals surface area contributed by atoms with Crippen LogP contribution in [-0.2, 0) is 0 Å². The SMILES string of the molecule is Cc1cn([C@H]2CCC[C@@H]2O)nc1[N+](=O)[O-]. The van der Waals surface area contributed by atoms with Crippen LogP contribution in [0.4, 0.5) is 5.82 Å². The summed E-state index contributed by atoms with van der Waals surface area (Å²) in [6.07, 6.45) is 3.73. The predicted molar refractivity (Wildman–Crippen MR) is 52.5 cm³/mol.